The van der Waals surface area contributed by atoms with Gasteiger partial charge in [0.05, 0.1) is 18.2 Å². The highest BCUT2D eigenvalue weighted by Gasteiger charge is 2.31. The van der Waals surface area contributed by atoms with Crippen molar-refractivity contribution in [1.82, 2.24) is 14.8 Å². The van der Waals surface area contributed by atoms with E-state index in [1.165, 1.54) is 6.20 Å². The highest BCUT2D eigenvalue weighted by molar-refractivity contribution is 5.42. The quantitative estimate of drug-likeness (QED) is 0.697. The normalized spacial score (nSPS) is 19.8. The lowest BCUT2D eigenvalue weighted by atomic mass is 10.1. The minimum atomic E-state index is -4.35. The van der Waals surface area contributed by atoms with Gasteiger partial charge >= 0.3 is 6.18 Å². The Hall–Kier alpha value is -1.82. The Morgan fingerprint density at radius 3 is 2.41 bits per heavy atom. The molecule has 0 unspecified atom stereocenters. The van der Waals surface area contributed by atoms with Crippen LogP contribution >= 0.6 is 0 Å². The first kappa shape index (κ1) is 21.9. The fourth-order valence-corrected chi connectivity index (χ4v) is 3.66. The van der Waals surface area contributed by atoms with Crippen LogP contribution in [0.25, 0.3) is 0 Å². The predicted molar refractivity (Wildman–Crippen MR) is 107 cm³/mol. The van der Waals surface area contributed by atoms with E-state index in [0.29, 0.717) is 25.5 Å². The second-order valence-corrected chi connectivity index (χ2v) is 7.46. The maximum Gasteiger partial charge on any atom is 0.416 e. The Morgan fingerprint density at radius 1 is 1.07 bits per heavy atom. The van der Waals surface area contributed by atoms with E-state index in [2.05, 4.69) is 33.5 Å². The van der Waals surface area contributed by atoms with Crippen molar-refractivity contribution in [2.45, 2.75) is 32.0 Å². The molecule has 29 heavy (non-hydrogen) atoms. The molecule has 8 heteroatoms. The van der Waals surface area contributed by atoms with Gasteiger partial charge in [-0.05, 0) is 31.5 Å². The molecular formula is C21H29F3N4O. The number of nitrogens with zero attached hydrogens (tertiary/aromatic N) is 4. The van der Waals surface area contributed by atoms with Gasteiger partial charge in [-0.25, -0.2) is 4.98 Å². The van der Waals surface area contributed by atoms with Crippen LogP contribution in [0.15, 0.2) is 18.3 Å². The number of halogens is 3. The van der Waals surface area contributed by atoms with Crippen molar-refractivity contribution < 1.29 is 17.9 Å². The number of piperidine rings is 1. The smallest absolute Gasteiger partial charge is 0.365 e. The molecule has 2 aliphatic heterocycles. The summed E-state index contributed by atoms with van der Waals surface area (Å²) in [6.45, 7) is 10.1. The van der Waals surface area contributed by atoms with E-state index in [-0.39, 0.29) is 6.10 Å². The molecule has 0 saturated carbocycles. The molecule has 2 aliphatic rings. The third kappa shape index (κ3) is 6.59. The summed E-state index contributed by atoms with van der Waals surface area (Å²) in [5.74, 6) is 6.66. The molecule has 0 bridgehead atoms. The lowest BCUT2D eigenvalue weighted by molar-refractivity contribution is -0.137. The van der Waals surface area contributed by atoms with E-state index in [1.807, 2.05) is 4.90 Å². The van der Waals surface area contributed by atoms with Gasteiger partial charge in [0, 0.05) is 45.5 Å². The second kappa shape index (κ2) is 10.3. The largest absolute Gasteiger partial charge is 0.416 e. The predicted octanol–water partition coefficient (Wildman–Crippen LogP) is 2.73. The van der Waals surface area contributed by atoms with Crippen molar-refractivity contribution in [3.63, 3.8) is 0 Å². The van der Waals surface area contributed by atoms with Gasteiger partial charge in [0.2, 0.25) is 0 Å². The molecule has 0 aromatic carbocycles. The molecule has 3 heterocycles. The standard InChI is InChI=1S/C21H29F3N4O/c1-2-26-12-14-27(15-13-26)9-3-4-16-29-19-6-10-28(11-7-19)20-17-18(5-8-25-20)21(22,23)24/h5,8,17,19H,2,6-7,9-16H2,1H3. The number of rotatable bonds is 5. The van der Waals surface area contributed by atoms with Gasteiger partial charge in [0.25, 0.3) is 0 Å². The lowest BCUT2D eigenvalue weighted by Gasteiger charge is -2.33. The van der Waals surface area contributed by atoms with Crippen LogP contribution < -0.4 is 4.90 Å². The average molecular weight is 410 g/mol. The number of ether oxygens (including phenoxy) is 1. The van der Waals surface area contributed by atoms with E-state index in [9.17, 15) is 13.2 Å². The van der Waals surface area contributed by atoms with Crippen molar-refractivity contribution in [2.24, 2.45) is 0 Å². The first-order chi connectivity index (χ1) is 14.0. The third-order valence-electron chi connectivity index (χ3n) is 5.57. The molecule has 2 saturated heterocycles. The fourth-order valence-electron chi connectivity index (χ4n) is 3.66. The molecule has 0 radical (unpaired) electrons. The van der Waals surface area contributed by atoms with E-state index < -0.39 is 11.7 Å². The van der Waals surface area contributed by atoms with Gasteiger partial charge in [-0.3, -0.25) is 4.90 Å². The first-order valence-corrected chi connectivity index (χ1v) is 10.3. The zero-order valence-corrected chi connectivity index (χ0v) is 16.9. The van der Waals surface area contributed by atoms with Crippen LogP contribution in [0.4, 0.5) is 19.0 Å². The second-order valence-electron chi connectivity index (χ2n) is 7.46. The Balaban J connectivity index is 1.36. The number of aromatic nitrogens is 1. The molecule has 0 aliphatic carbocycles. The van der Waals surface area contributed by atoms with Crippen molar-refractivity contribution in [2.75, 3.05) is 63.9 Å². The van der Waals surface area contributed by atoms with Crippen LogP contribution in [-0.4, -0.2) is 79.9 Å². The topological polar surface area (TPSA) is 31.8 Å². The molecular weight excluding hydrogens is 381 g/mol. The number of piperazine rings is 1. The van der Waals surface area contributed by atoms with Crippen molar-refractivity contribution in [3.8, 4) is 11.8 Å². The third-order valence-corrected chi connectivity index (χ3v) is 5.57. The summed E-state index contributed by atoms with van der Waals surface area (Å²) in [7, 11) is 0. The Bertz CT molecular complexity index is 700. The van der Waals surface area contributed by atoms with E-state index >= 15 is 0 Å². The van der Waals surface area contributed by atoms with Gasteiger partial charge in [0.15, 0.2) is 0 Å². The maximum absolute atomic E-state index is 12.9. The Labute approximate surface area is 170 Å². The van der Waals surface area contributed by atoms with Gasteiger partial charge < -0.3 is 14.5 Å². The summed E-state index contributed by atoms with van der Waals surface area (Å²) in [4.78, 5) is 10.8. The summed E-state index contributed by atoms with van der Waals surface area (Å²) < 4.78 is 44.4. The molecule has 5 nitrogen and oxygen atoms in total. The minimum Gasteiger partial charge on any atom is -0.365 e. The zero-order valence-electron chi connectivity index (χ0n) is 16.9. The summed E-state index contributed by atoms with van der Waals surface area (Å²) in [5, 5.41) is 0. The fraction of sp³-hybridized carbons (Fsp3) is 0.667. The molecule has 160 valence electrons. The lowest BCUT2D eigenvalue weighted by Crippen LogP contribution is -2.46. The van der Waals surface area contributed by atoms with Crippen LogP contribution in [0.5, 0.6) is 0 Å². The SMILES string of the molecule is CCN1CCN(CC#CCOC2CCN(c3cc(C(F)(F)F)ccn3)CC2)CC1. The first-order valence-electron chi connectivity index (χ1n) is 10.3. The molecule has 1 aromatic heterocycles. The minimum absolute atomic E-state index is 0.0967. The number of pyridine rings is 1. The summed E-state index contributed by atoms with van der Waals surface area (Å²) in [5.41, 5.74) is -0.660. The van der Waals surface area contributed by atoms with Crippen molar-refractivity contribution in [3.05, 3.63) is 23.9 Å². The van der Waals surface area contributed by atoms with Crippen LogP contribution in [0.3, 0.4) is 0 Å². The monoisotopic (exact) mass is 410 g/mol. The average Bonchev–Trinajstić information content (AvgIpc) is 2.74. The number of anilines is 1. The van der Waals surface area contributed by atoms with Crippen molar-refractivity contribution in [1.29, 1.82) is 0 Å². The van der Waals surface area contributed by atoms with Crippen LogP contribution in [0.1, 0.15) is 25.3 Å². The Morgan fingerprint density at radius 2 is 1.76 bits per heavy atom. The van der Waals surface area contributed by atoms with Crippen LogP contribution in [-0.2, 0) is 10.9 Å². The molecule has 2 fully saturated rings. The molecule has 1 aromatic rings. The van der Waals surface area contributed by atoms with Gasteiger partial charge in [-0.2, -0.15) is 13.2 Å². The number of hydrogen-bond donors (Lipinski definition) is 0. The summed E-state index contributed by atoms with van der Waals surface area (Å²) >= 11 is 0. The maximum atomic E-state index is 12.9. The van der Waals surface area contributed by atoms with E-state index in [0.717, 1.165) is 64.2 Å². The molecule has 0 amide bonds. The number of alkyl halides is 3. The van der Waals surface area contributed by atoms with Crippen LogP contribution in [0.2, 0.25) is 0 Å². The molecule has 0 spiro atoms. The summed E-state index contributed by atoms with van der Waals surface area (Å²) in [6, 6.07) is 2.12. The van der Waals surface area contributed by atoms with Gasteiger partial charge in [0.1, 0.15) is 12.4 Å². The molecule has 0 atom stereocenters. The molecule has 0 N–H and O–H groups in total. The highest BCUT2D eigenvalue weighted by Crippen LogP contribution is 2.31. The Kier molecular flexibility index (Phi) is 7.76. The number of hydrogen-bond acceptors (Lipinski definition) is 5. The zero-order chi connectivity index (χ0) is 20.7. The van der Waals surface area contributed by atoms with Gasteiger partial charge in [-0.1, -0.05) is 18.8 Å². The van der Waals surface area contributed by atoms with Crippen LogP contribution in [0, 0.1) is 11.8 Å². The van der Waals surface area contributed by atoms with Crippen molar-refractivity contribution >= 4 is 5.82 Å². The number of likely N-dealkylation sites (N-methyl/N-ethyl adjacent to an activating group) is 1. The van der Waals surface area contributed by atoms with E-state index in [4.69, 9.17) is 4.74 Å². The van der Waals surface area contributed by atoms with Gasteiger partial charge in [-0.15, -0.1) is 0 Å². The summed E-state index contributed by atoms with van der Waals surface area (Å²) in [6.07, 6.45) is -1.50. The molecule has 3 rings (SSSR count). The van der Waals surface area contributed by atoms with E-state index in [1.54, 1.807) is 0 Å². The highest BCUT2D eigenvalue weighted by atomic mass is 19.4.